The van der Waals surface area contributed by atoms with E-state index in [-0.39, 0.29) is 22.0 Å². The predicted molar refractivity (Wildman–Crippen MR) is 146 cm³/mol. The Morgan fingerprint density at radius 3 is 2.35 bits per heavy atom. The van der Waals surface area contributed by atoms with Gasteiger partial charge in [-0.25, -0.2) is 8.42 Å². The minimum absolute atomic E-state index is 0.252. The molecule has 0 radical (unpaired) electrons. The highest BCUT2D eigenvalue weighted by Crippen LogP contribution is 2.40. The molecule has 2 aromatic heterocycles. The lowest BCUT2D eigenvalue weighted by atomic mass is 9.83. The minimum Gasteiger partial charge on any atom is -0.321 e. The number of hydrogen-bond donors (Lipinski definition) is 2. The number of nitrogens with one attached hydrogen (secondary N) is 2. The molecule has 0 fully saturated rings. The van der Waals surface area contributed by atoms with Gasteiger partial charge in [0.2, 0.25) is 10.0 Å². The number of halogens is 3. The van der Waals surface area contributed by atoms with Gasteiger partial charge in [0.1, 0.15) is 0 Å². The average molecular weight is 574 g/mol. The van der Waals surface area contributed by atoms with Gasteiger partial charge in [-0.3, -0.25) is 9.52 Å². The van der Waals surface area contributed by atoms with Gasteiger partial charge in [-0.2, -0.15) is 0 Å². The van der Waals surface area contributed by atoms with E-state index in [1.807, 2.05) is 24.3 Å². The Balaban J connectivity index is 1.62. The van der Waals surface area contributed by atoms with Crippen LogP contribution >= 0.6 is 57.5 Å². The lowest BCUT2D eigenvalue weighted by Crippen LogP contribution is -2.18. The van der Waals surface area contributed by atoms with Gasteiger partial charge in [0.05, 0.1) is 26.2 Å². The van der Waals surface area contributed by atoms with Crippen LogP contribution in [0.2, 0.25) is 14.4 Å². The summed E-state index contributed by atoms with van der Waals surface area (Å²) in [6, 6.07) is 14.3. The molecule has 34 heavy (non-hydrogen) atoms. The van der Waals surface area contributed by atoms with Crippen LogP contribution in [0.3, 0.4) is 0 Å². The average Bonchev–Trinajstić information content (AvgIpc) is 3.33. The Labute approximate surface area is 220 Å². The maximum atomic E-state index is 13.0. The summed E-state index contributed by atoms with van der Waals surface area (Å²) in [5.41, 5.74) is 1.41. The van der Waals surface area contributed by atoms with E-state index in [0.717, 1.165) is 21.4 Å². The van der Waals surface area contributed by atoms with Crippen molar-refractivity contribution in [3.8, 4) is 0 Å². The molecular weight excluding hydrogens is 555 g/mol. The Morgan fingerprint density at radius 2 is 1.71 bits per heavy atom. The molecule has 0 spiro atoms. The van der Waals surface area contributed by atoms with Gasteiger partial charge in [-0.05, 0) is 59.5 Å². The van der Waals surface area contributed by atoms with Gasteiger partial charge in [-0.15, -0.1) is 22.7 Å². The second-order valence-corrected chi connectivity index (χ2v) is 13.7. The van der Waals surface area contributed by atoms with E-state index in [1.54, 1.807) is 24.3 Å². The molecule has 4 aromatic rings. The van der Waals surface area contributed by atoms with Crippen molar-refractivity contribution in [3.63, 3.8) is 0 Å². The molecule has 5 nitrogen and oxygen atoms in total. The van der Waals surface area contributed by atoms with Crippen LogP contribution < -0.4 is 10.0 Å². The molecule has 0 aliphatic rings. The van der Waals surface area contributed by atoms with Gasteiger partial charge in [0.15, 0.2) is 0 Å². The summed E-state index contributed by atoms with van der Waals surface area (Å²) in [6.07, 6.45) is 1.05. The first-order valence-electron chi connectivity index (χ1n) is 9.91. The quantitative estimate of drug-likeness (QED) is 0.246. The van der Waals surface area contributed by atoms with E-state index in [2.05, 4.69) is 23.9 Å². The molecule has 0 aliphatic heterocycles. The highest BCUT2D eigenvalue weighted by Gasteiger charge is 2.26. The molecule has 0 aliphatic carbocycles. The Bertz CT molecular complexity index is 1520. The maximum Gasteiger partial charge on any atom is 0.265 e. The van der Waals surface area contributed by atoms with Crippen LogP contribution in [0.25, 0.3) is 10.1 Å². The first-order chi connectivity index (χ1) is 15.8. The molecule has 2 aromatic carbocycles. The highest BCUT2D eigenvalue weighted by atomic mass is 35.5. The fourth-order valence-corrected chi connectivity index (χ4v) is 6.74. The van der Waals surface area contributed by atoms with E-state index in [0.29, 0.717) is 25.3 Å². The van der Waals surface area contributed by atoms with Crippen LogP contribution in [0.15, 0.2) is 48.5 Å². The third kappa shape index (κ3) is 5.53. The van der Waals surface area contributed by atoms with Crippen molar-refractivity contribution in [1.29, 1.82) is 0 Å². The number of amides is 1. The van der Waals surface area contributed by atoms with Crippen molar-refractivity contribution in [2.75, 3.05) is 16.3 Å². The van der Waals surface area contributed by atoms with Crippen molar-refractivity contribution in [3.05, 3.63) is 78.2 Å². The van der Waals surface area contributed by atoms with E-state index in [4.69, 9.17) is 34.8 Å². The minimum atomic E-state index is -3.49. The van der Waals surface area contributed by atoms with Gasteiger partial charge >= 0.3 is 0 Å². The Hall–Kier alpha value is -1.81. The molecule has 0 bridgehead atoms. The summed E-state index contributed by atoms with van der Waals surface area (Å²) < 4.78 is 27.0. The van der Waals surface area contributed by atoms with Crippen LogP contribution in [-0.2, 0) is 15.4 Å². The van der Waals surface area contributed by atoms with Gasteiger partial charge in [0.25, 0.3) is 5.91 Å². The third-order valence-electron chi connectivity index (χ3n) is 5.19. The van der Waals surface area contributed by atoms with Crippen molar-refractivity contribution >= 4 is 94.9 Å². The summed E-state index contributed by atoms with van der Waals surface area (Å²) >= 11 is 21.5. The van der Waals surface area contributed by atoms with Crippen LogP contribution in [-0.4, -0.2) is 20.6 Å². The van der Waals surface area contributed by atoms with Crippen LogP contribution in [0, 0.1) is 0 Å². The lowest BCUT2D eigenvalue weighted by molar-refractivity contribution is 0.103. The number of carbonyl (C=O) groups is 1. The van der Waals surface area contributed by atoms with E-state index in [9.17, 15) is 13.2 Å². The number of anilines is 2. The molecule has 178 valence electrons. The number of carbonyl (C=O) groups excluding carboxylic acids is 1. The van der Waals surface area contributed by atoms with E-state index >= 15 is 0 Å². The first-order valence-corrected chi connectivity index (χ1v) is 14.6. The molecule has 1 amide bonds. The molecule has 4 rings (SSSR count). The molecular formula is C23H19Cl3N2O3S3. The molecule has 11 heteroatoms. The number of thiophene rings is 2. The zero-order valence-corrected chi connectivity index (χ0v) is 22.9. The lowest BCUT2D eigenvalue weighted by Gasteiger charge is -2.25. The second-order valence-electron chi connectivity index (χ2n) is 8.27. The Kier molecular flexibility index (Phi) is 6.94. The van der Waals surface area contributed by atoms with Crippen LogP contribution in [0.1, 0.15) is 34.0 Å². The van der Waals surface area contributed by atoms with E-state index in [1.165, 1.54) is 22.7 Å². The first kappa shape index (κ1) is 25.3. The van der Waals surface area contributed by atoms with Crippen LogP contribution in [0.4, 0.5) is 11.4 Å². The topological polar surface area (TPSA) is 75.3 Å². The normalized spacial score (nSPS) is 12.2. The summed E-state index contributed by atoms with van der Waals surface area (Å²) in [6.45, 7) is 4.15. The summed E-state index contributed by atoms with van der Waals surface area (Å²) in [5, 5.41) is 4.37. The summed E-state index contributed by atoms with van der Waals surface area (Å²) in [4.78, 5) is 14.6. The number of rotatable bonds is 6. The fourth-order valence-electron chi connectivity index (χ4n) is 3.46. The molecule has 0 atom stereocenters. The zero-order valence-electron chi connectivity index (χ0n) is 18.2. The number of sulfonamides is 1. The smallest absolute Gasteiger partial charge is 0.265 e. The van der Waals surface area contributed by atoms with Crippen molar-refractivity contribution in [1.82, 2.24) is 0 Å². The third-order valence-corrected chi connectivity index (χ3v) is 8.96. The predicted octanol–water partition coefficient (Wildman–Crippen LogP) is 7.87. The maximum absolute atomic E-state index is 13.0. The number of hydrogen-bond acceptors (Lipinski definition) is 5. The van der Waals surface area contributed by atoms with Crippen molar-refractivity contribution < 1.29 is 13.2 Å². The van der Waals surface area contributed by atoms with Gasteiger partial charge in [-0.1, -0.05) is 48.7 Å². The molecule has 2 heterocycles. The van der Waals surface area contributed by atoms with Gasteiger partial charge < -0.3 is 5.32 Å². The molecule has 0 saturated heterocycles. The summed E-state index contributed by atoms with van der Waals surface area (Å²) in [5.74, 6) is -0.305. The highest BCUT2D eigenvalue weighted by molar-refractivity contribution is 7.92. The Morgan fingerprint density at radius 1 is 0.971 bits per heavy atom. The monoisotopic (exact) mass is 572 g/mol. The van der Waals surface area contributed by atoms with Gasteiger partial charge in [0, 0.05) is 25.7 Å². The SMILES string of the molecule is CC(C)(c1cc(Cl)cc(NC(=O)c2cc3cc(NS(C)(=O)=O)c(Cl)cc3s2)c1)c1ccc(Cl)s1. The summed E-state index contributed by atoms with van der Waals surface area (Å²) in [7, 11) is -3.49. The molecule has 0 unspecified atom stereocenters. The largest absolute Gasteiger partial charge is 0.321 e. The fraction of sp³-hybridized carbons (Fsp3) is 0.174. The van der Waals surface area contributed by atoms with Crippen molar-refractivity contribution in [2.45, 2.75) is 19.3 Å². The van der Waals surface area contributed by atoms with Crippen molar-refractivity contribution in [2.24, 2.45) is 0 Å². The van der Waals surface area contributed by atoms with Crippen LogP contribution in [0.5, 0.6) is 0 Å². The number of benzene rings is 2. The second kappa shape index (κ2) is 9.33. The molecule has 0 saturated carbocycles. The number of fused-ring (bicyclic) bond motifs is 1. The zero-order chi connectivity index (χ0) is 24.8. The molecule has 2 N–H and O–H groups in total. The van der Waals surface area contributed by atoms with E-state index < -0.39 is 10.0 Å². The standard InChI is InChI=1S/C23H19Cl3N2O3S3/c1-23(2,20-4-5-21(26)33-20)13-8-14(24)10-15(9-13)27-22(29)19-7-12-6-17(28-34(3,30)31)16(25)11-18(12)32-19/h4-11,28H,1-3H3,(H,27,29).